The van der Waals surface area contributed by atoms with E-state index in [1.54, 1.807) is 0 Å². The molecule has 0 aromatic carbocycles. The summed E-state index contributed by atoms with van der Waals surface area (Å²) in [5.74, 6) is 1.00. The van der Waals surface area contributed by atoms with E-state index in [0.717, 1.165) is 25.7 Å². The molecule has 0 radical (unpaired) electrons. The van der Waals surface area contributed by atoms with E-state index in [-0.39, 0.29) is 23.7 Å². The third kappa shape index (κ3) is 3.39. The Balaban J connectivity index is 1.87. The summed E-state index contributed by atoms with van der Waals surface area (Å²) in [4.78, 5) is 0. The molecule has 0 aliphatic heterocycles. The number of hydrogen-bond acceptors (Lipinski definition) is 3. The lowest BCUT2D eigenvalue weighted by Gasteiger charge is -2.61. The summed E-state index contributed by atoms with van der Waals surface area (Å²) in [7, 11) is -5.38. The van der Waals surface area contributed by atoms with Crippen LogP contribution in [0.15, 0.2) is 12.3 Å². The average Bonchev–Trinajstić information content (AvgIpc) is 2.42. The van der Waals surface area contributed by atoms with E-state index < -0.39 is 26.7 Å². The quantitative estimate of drug-likeness (QED) is 0.675. The molecule has 0 heterocycles. The molecule has 4 bridgehead atoms. The maximum atomic E-state index is 12.9. The molecule has 2 atom stereocenters. The first-order chi connectivity index (χ1) is 11.7. The van der Waals surface area contributed by atoms with E-state index in [0.29, 0.717) is 18.6 Å². The van der Waals surface area contributed by atoms with E-state index >= 15 is 0 Å². The Kier molecular flexibility index (Phi) is 4.51. The van der Waals surface area contributed by atoms with Crippen LogP contribution < -0.4 is 4.72 Å². The van der Waals surface area contributed by atoms with Crippen LogP contribution in [0.5, 0.6) is 0 Å². The normalized spacial score (nSPS) is 37.0. The average molecular weight is 395 g/mol. The first kappa shape index (κ1) is 20.0. The Hall–Kier alpha value is -0.760. The van der Waals surface area contributed by atoms with Crippen LogP contribution in [0.25, 0.3) is 0 Å². The van der Waals surface area contributed by atoms with Crippen molar-refractivity contribution in [3.8, 4) is 0 Å². The minimum absolute atomic E-state index is 0.185. The molecule has 4 aliphatic rings. The lowest BCUT2D eigenvalue weighted by Crippen LogP contribution is -2.67. The third-order valence-electron chi connectivity index (χ3n) is 6.64. The molecule has 1 N–H and O–H groups in total. The van der Waals surface area contributed by atoms with Crippen LogP contribution in [0.3, 0.4) is 0 Å². The van der Waals surface area contributed by atoms with Crippen molar-refractivity contribution in [3.63, 3.8) is 0 Å². The lowest BCUT2D eigenvalue weighted by atomic mass is 9.51. The van der Waals surface area contributed by atoms with Gasteiger partial charge in [0.1, 0.15) is 5.60 Å². The van der Waals surface area contributed by atoms with Crippen LogP contribution in [-0.2, 0) is 14.8 Å². The molecule has 4 nitrogen and oxygen atoms in total. The molecule has 8 heteroatoms. The van der Waals surface area contributed by atoms with E-state index in [1.807, 2.05) is 25.5 Å². The van der Waals surface area contributed by atoms with Gasteiger partial charge in [0.25, 0.3) is 0 Å². The minimum Gasteiger partial charge on any atom is -0.492 e. The monoisotopic (exact) mass is 395 g/mol. The second kappa shape index (κ2) is 5.87. The van der Waals surface area contributed by atoms with Crippen LogP contribution in [-0.4, -0.2) is 25.1 Å². The van der Waals surface area contributed by atoms with Crippen molar-refractivity contribution in [2.75, 3.05) is 0 Å². The summed E-state index contributed by atoms with van der Waals surface area (Å²) in [5, 5.41) is 0. The zero-order chi connectivity index (χ0) is 19.6. The van der Waals surface area contributed by atoms with Gasteiger partial charge in [-0.25, -0.2) is 13.1 Å². The van der Waals surface area contributed by atoms with Gasteiger partial charge in [0, 0.05) is 17.4 Å². The Morgan fingerprint density at radius 3 is 2.19 bits per heavy atom. The topological polar surface area (TPSA) is 55.4 Å². The minimum atomic E-state index is -5.38. The highest BCUT2D eigenvalue weighted by atomic mass is 32.2. The van der Waals surface area contributed by atoms with Gasteiger partial charge in [0.15, 0.2) is 0 Å². The first-order valence-electron chi connectivity index (χ1n) is 9.20. The fraction of sp³-hybridized carbons (Fsp3) is 0.889. The fourth-order valence-corrected chi connectivity index (χ4v) is 6.28. The van der Waals surface area contributed by atoms with Crippen LogP contribution in [0, 0.1) is 17.3 Å². The van der Waals surface area contributed by atoms with Crippen molar-refractivity contribution in [1.82, 2.24) is 4.72 Å². The SMILES string of the molecule is C=C(OC12CC3CC(CC(NS(=O)(=O)C(F)(F)F)(C3)C1)C2)C(C)(C)CC. The van der Waals surface area contributed by atoms with E-state index in [4.69, 9.17) is 4.74 Å². The second-order valence-corrected chi connectivity index (χ2v) is 10.9. The van der Waals surface area contributed by atoms with Gasteiger partial charge in [0.05, 0.1) is 5.76 Å². The molecule has 4 rings (SSSR count). The zero-order valence-electron chi connectivity index (χ0n) is 15.6. The van der Waals surface area contributed by atoms with Crippen molar-refractivity contribution in [3.05, 3.63) is 12.3 Å². The maximum Gasteiger partial charge on any atom is 0.511 e. The summed E-state index contributed by atoms with van der Waals surface area (Å²) in [5.41, 5.74) is -7.20. The molecule has 150 valence electrons. The molecular formula is C18H28F3NO3S. The molecule has 0 saturated heterocycles. The third-order valence-corrected chi connectivity index (χ3v) is 7.95. The van der Waals surface area contributed by atoms with Gasteiger partial charge in [-0.2, -0.15) is 13.2 Å². The molecule has 0 aromatic heterocycles. The Morgan fingerprint density at radius 2 is 1.73 bits per heavy atom. The van der Waals surface area contributed by atoms with Crippen molar-refractivity contribution >= 4 is 10.0 Å². The molecule has 0 spiro atoms. The number of allylic oxidation sites excluding steroid dienone is 1. The predicted molar refractivity (Wildman–Crippen MR) is 92.6 cm³/mol. The van der Waals surface area contributed by atoms with Gasteiger partial charge in [-0.15, -0.1) is 0 Å². The van der Waals surface area contributed by atoms with Gasteiger partial charge in [-0.1, -0.05) is 27.4 Å². The van der Waals surface area contributed by atoms with Gasteiger partial charge < -0.3 is 4.74 Å². The standard InChI is InChI=1S/C18H28F3NO3S/c1-5-15(3,4)12(2)25-17-9-13-6-14(10-17)8-16(7-13,11-17)22-26(23,24)18(19,20)21/h13-14,22H,2,5-11H2,1,3-4H3. The first-order valence-corrected chi connectivity index (χ1v) is 10.7. The number of nitrogens with one attached hydrogen (secondary N) is 1. The van der Waals surface area contributed by atoms with Crippen molar-refractivity contribution < 1.29 is 26.3 Å². The number of hydrogen-bond donors (Lipinski definition) is 1. The predicted octanol–water partition coefficient (Wildman–Crippen LogP) is 4.48. The lowest BCUT2D eigenvalue weighted by molar-refractivity contribution is -0.159. The van der Waals surface area contributed by atoms with E-state index in [2.05, 4.69) is 6.58 Å². The fourth-order valence-electron chi connectivity index (χ4n) is 5.36. The highest BCUT2D eigenvalue weighted by Crippen LogP contribution is 2.60. The Labute approximate surface area is 153 Å². The largest absolute Gasteiger partial charge is 0.511 e. The summed E-state index contributed by atoms with van der Waals surface area (Å²) < 4.78 is 70.7. The van der Waals surface area contributed by atoms with Crippen LogP contribution in [0.2, 0.25) is 0 Å². The number of halogens is 3. The number of ether oxygens (including phenoxy) is 1. The molecule has 4 fully saturated rings. The van der Waals surface area contributed by atoms with Crippen LogP contribution in [0.4, 0.5) is 13.2 Å². The summed E-state index contributed by atoms with van der Waals surface area (Å²) in [6, 6.07) is 0. The highest BCUT2D eigenvalue weighted by molar-refractivity contribution is 7.90. The molecule has 26 heavy (non-hydrogen) atoms. The molecule has 0 amide bonds. The molecule has 2 unspecified atom stereocenters. The highest BCUT2D eigenvalue weighted by Gasteiger charge is 2.62. The Morgan fingerprint density at radius 1 is 1.19 bits per heavy atom. The molecule has 4 saturated carbocycles. The summed E-state index contributed by atoms with van der Waals surface area (Å²) in [6.45, 7) is 10.2. The van der Waals surface area contributed by atoms with Crippen molar-refractivity contribution in [2.45, 2.75) is 82.4 Å². The number of alkyl halides is 3. The van der Waals surface area contributed by atoms with E-state index in [1.165, 1.54) is 0 Å². The summed E-state index contributed by atoms with van der Waals surface area (Å²) in [6.07, 6.45) is 4.47. The van der Waals surface area contributed by atoms with Gasteiger partial charge in [-0.3, -0.25) is 0 Å². The van der Waals surface area contributed by atoms with Gasteiger partial charge >= 0.3 is 15.5 Å². The van der Waals surface area contributed by atoms with E-state index in [9.17, 15) is 21.6 Å². The Bertz CT molecular complexity index is 685. The number of rotatable bonds is 6. The van der Waals surface area contributed by atoms with Gasteiger partial charge in [0.2, 0.25) is 0 Å². The van der Waals surface area contributed by atoms with Gasteiger partial charge in [-0.05, 0) is 50.4 Å². The van der Waals surface area contributed by atoms with Crippen LogP contribution >= 0.6 is 0 Å². The van der Waals surface area contributed by atoms with Crippen LogP contribution in [0.1, 0.15) is 65.7 Å². The molecular weight excluding hydrogens is 367 g/mol. The van der Waals surface area contributed by atoms with Crippen molar-refractivity contribution in [1.29, 1.82) is 0 Å². The molecule has 4 aliphatic carbocycles. The number of sulfonamides is 1. The molecule has 0 aromatic rings. The second-order valence-electron chi connectivity index (χ2n) is 9.24. The summed E-state index contributed by atoms with van der Waals surface area (Å²) >= 11 is 0. The maximum absolute atomic E-state index is 12.9. The van der Waals surface area contributed by atoms with Crippen molar-refractivity contribution in [2.24, 2.45) is 17.3 Å². The zero-order valence-corrected chi connectivity index (χ0v) is 16.4. The smallest absolute Gasteiger partial charge is 0.492 e.